The Hall–Kier alpha value is -1.07. The lowest BCUT2D eigenvalue weighted by molar-refractivity contribution is 0.287. The summed E-state index contributed by atoms with van der Waals surface area (Å²) in [5, 5.41) is 3.36. The zero-order valence-electron chi connectivity index (χ0n) is 11.1. The third-order valence-corrected chi connectivity index (χ3v) is 5.65. The number of rotatable bonds is 2. The molecular weight excluding hydrogens is 260 g/mol. The smallest absolute Gasteiger partial charge is 0.151 e. The average molecular weight is 280 g/mol. The number of sulfone groups is 1. The average Bonchev–Trinajstić information content (AvgIpc) is 2.76. The van der Waals surface area contributed by atoms with Gasteiger partial charge in [0.05, 0.1) is 11.5 Å². The lowest BCUT2D eigenvalue weighted by atomic mass is 10.1. The number of nitrogens with one attached hydrogen (secondary N) is 1. The minimum Gasteiger partial charge on any atom is -0.384 e. The molecule has 0 bridgehead atoms. The van der Waals surface area contributed by atoms with Gasteiger partial charge in [-0.25, -0.2) is 8.42 Å². The predicted molar refractivity (Wildman–Crippen MR) is 77.2 cm³/mol. The van der Waals surface area contributed by atoms with E-state index < -0.39 is 9.84 Å². The molecule has 5 heteroatoms. The minimum atomic E-state index is -2.81. The van der Waals surface area contributed by atoms with E-state index in [4.69, 9.17) is 0 Å². The zero-order chi connectivity index (χ0) is 13.3. The fraction of sp³-hybridized carbons (Fsp3) is 0.571. The molecule has 4 nitrogen and oxygen atoms in total. The van der Waals surface area contributed by atoms with Gasteiger partial charge >= 0.3 is 0 Å². The summed E-state index contributed by atoms with van der Waals surface area (Å²) in [5.41, 5.74) is 3.93. The second-order valence-electron chi connectivity index (χ2n) is 5.45. The van der Waals surface area contributed by atoms with Crippen molar-refractivity contribution in [1.82, 2.24) is 4.90 Å². The van der Waals surface area contributed by atoms with Crippen LogP contribution in [-0.4, -0.2) is 44.5 Å². The normalized spacial score (nSPS) is 22.5. The molecule has 19 heavy (non-hydrogen) atoms. The molecule has 0 aromatic heterocycles. The highest BCUT2D eigenvalue weighted by Crippen LogP contribution is 2.23. The van der Waals surface area contributed by atoms with Crippen molar-refractivity contribution in [2.75, 3.05) is 36.5 Å². The quantitative estimate of drug-likeness (QED) is 0.886. The van der Waals surface area contributed by atoms with Crippen LogP contribution in [0.25, 0.3) is 0 Å². The highest BCUT2D eigenvalue weighted by atomic mass is 32.2. The summed E-state index contributed by atoms with van der Waals surface area (Å²) < 4.78 is 23.2. The monoisotopic (exact) mass is 280 g/mol. The van der Waals surface area contributed by atoms with Crippen molar-refractivity contribution in [1.29, 1.82) is 0 Å². The van der Waals surface area contributed by atoms with Gasteiger partial charge in [-0.2, -0.15) is 0 Å². The molecule has 0 unspecified atom stereocenters. The predicted octanol–water partition coefficient (Wildman–Crippen LogP) is 1.28. The third-order valence-electron chi connectivity index (χ3n) is 3.93. The maximum absolute atomic E-state index is 11.6. The first-order valence-corrected chi connectivity index (χ1v) is 8.73. The van der Waals surface area contributed by atoms with Crippen molar-refractivity contribution in [3.8, 4) is 0 Å². The van der Waals surface area contributed by atoms with Crippen LogP contribution < -0.4 is 5.32 Å². The minimum absolute atomic E-state index is 0.305. The molecule has 2 aliphatic heterocycles. The molecule has 0 saturated carbocycles. The van der Waals surface area contributed by atoms with Crippen LogP contribution in [0, 0.1) is 0 Å². The summed E-state index contributed by atoms with van der Waals surface area (Å²) in [5.74, 6) is 0.650. The van der Waals surface area contributed by atoms with Gasteiger partial charge in [0.2, 0.25) is 0 Å². The Morgan fingerprint density at radius 3 is 3.00 bits per heavy atom. The van der Waals surface area contributed by atoms with Crippen LogP contribution in [0.5, 0.6) is 0 Å². The molecule has 1 saturated heterocycles. The van der Waals surface area contributed by atoms with E-state index in [0.717, 1.165) is 32.5 Å². The zero-order valence-corrected chi connectivity index (χ0v) is 11.9. The van der Waals surface area contributed by atoms with Gasteiger partial charge in [0, 0.05) is 25.3 Å². The van der Waals surface area contributed by atoms with Gasteiger partial charge in [0.15, 0.2) is 9.84 Å². The number of nitrogens with zero attached hydrogens (tertiary/aromatic N) is 1. The van der Waals surface area contributed by atoms with Crippen LogP contribution in [0.1, 0.15) is 17.5 Å². The van der Waals surface area contributed by atoms with Crippen molar-refractivity contribution in [2.45, 2.75) is 19.4 Å². The second kappa shape index (κ2) is 5.13. The topological polar surface area (TPSA) is 49.4 Å². The molecule has 0 amide bonds. The fourth-order valence-electron chi connectivity index (χ4n) is 2.86. The first-order valence-electron chi connectivity index (χ1n) is 6.91. The molecule has 2 aliphatic rings. The van der Waals surface area contributed by atoms with Gasteiger partial charge < -0.3 is 5.32 Å². The summed E-state index contributed by atoms with van der Waals surface area (Å²) >= 11 is 0. The van der Waals surface area contributed by atoms with Crippen molar-refractivity contribution < 1.29 is 8.42 Å². The van der Waals surface area contributed by atoms with Crippen molar-refractivity contribution in [3.05, 3.63) is 29.3 Å². The number of anilines is 1. The lowest BCUT2D eigenvalue weighted by Gasteiger charge is -2.19. The van der Waals surface area contributed by atoms with Gasteiger partial charge in [0.25, 0.3) is 0 Å². The van der Waals surface area contributed by atoms with Crippen molar-refractivity contribution in [3.63, 3.8) is 0 Å². The van der Waals surface area contributed by atoms with Crippen LogP contribution >= 0.6 is 0 Å². The SMILES string of the molecule is O=S1(=O)CCCN(Cc2ccc3c(c2)CCN3)CC1. The summed E-state index contributed by atoms with van der Waals surface area (Å²) in [6, 6.07) is 6.55. The summed E-state index contributed by atoms with van der Waals surface area (Å²) in [7, 11) is -2.81. The molecular formula is C14H20N2O2S. The number of fused-ring (bicyclic) bond motifs is 1. The first kappa shape index (κ1) is 12.9. The molecule has 0 radical (unpaired) electrons. The molecule has 104 valence electrons. The van der Waals surface area contributed by atoms with Gasteiger partial charge in [-0.05, 0) is 36.6 Å². The molecule has 1 fully saturated rings. The Morgan fingerprint density at radius 2 is 2.11 bits per heavy atom. The van der Waals surface area contributed by atoms with E-state index in [-0.39, 0.29) is 0 Å². The summed E-state index contributed by atoms with van der Waals surface area (Å²) in [6.45, 7) is 3.44. The van der Waals surface area contributed by atoms with E-state index in [9.17, 15) is 8.42 Å². The van der Waals surface area contributed by atoms with Crippen molar-refractivity contribution >= 4 is 15.5 Å². The number of benzene rings is 1. The van der Waals surface area contributed by atoms with Crippen LogP contribution in [0.3, 0.4) is 0 Å². The Bertz CT molecular complexity index is 569. The van der Waals surface area contributed by atoms with Crippen LogP contribution in [-0.2, 0) is 22.8 Å². The van der Waals surface area contributed by atoms with E-state index in [0.29, 0.717) is 18.1 Å². The Balaban J connectivity index is 1.68. The lowest BCUT2D eigenvalue weighted by Crippen LogP contribution is -2.26. The molecule has 0 atom stereocenters. The third kappa shape index (κ3) is 3.09. The van der Waals surface area contributed by atoms with Gasteiger partial charge in [-0.3, -0.25) is 4.90 Å². The van der Waals surface area contributed by atoms with E-state index in [2.05, 4.69) is 28.4 Å². The van der Waals surface area contributed by atoms with Crippen LogP contribution in [0.2, 0.25) is 0 Å². The molecule has 0 aliphatic carbocycles. The maximum atomic E-state index is 11.6. The molecule has 0 spiro atoms. The highest BCUT2D eigenvalue weighted by molar-refractivity contribution is 7.91. The molecule has 3 rings (SSSR count). The van der Waals surface area contributed by atoms with Crippen LogP contribution in [0.4, 0.5) is 5.69 Å². The van der Waals surface area contributed by atoms with Crippen LogP contribution in [0.15, 0.2) is 18.2 Å². The molecule has 1 aromatic rings. The van der Waals surface area contributed by atoms with E-state index >= 15 is 0 Å². The Kier molecular flexibility index (Phi) is 3.50. The standard InChI is InChI=1S/C14H20N2O2S/c17-19(18)8-1-6-16(7-9-19)11-12-2-3-14-13(10-12)4-5-15-14/h2-3,10,15H,1,4-9,11H2. The molecule has 1 aromatic carbocycles. The van der Waals surface area contributed by atoms with Gasteiger partial charge in [-0.1, -0.05) is 12.1 Å². The largest absolute Gasteiger partial charge is 0.384 e. The van der Waals surface area contributed by atoms with Gasteiger partial charge in [-0.15, -0.1) is 0 Å². The van der Waals surface area contributed by atoms with Gasteiger partial charge in [0.1, 0.15) is 0 Å². The van der Waals surface area contributed by atoms with E-state index in [1.54, 1.807) is 0 Å². The van der Waals surface area contributed by atoms with E-state index in [1.807, 2.05) is 0 Å². The summed E-state index contributed by atoms with van der Waals surface area (Å²) in [6.07, 6.45) is 1.85. The second-order valence-corrected chi connectivity index (χ2v) is 7.75. The molecule has 2 heterocycles. The summed E-state index contributed by atoms with van der Waals surface area (Å²) in [4.78, 5) is 2.26. The van der Waals surface area contributed by atoms with Crippen molar-refractivity contribution in [2.24, 2.45) is 0 Å². The first-order chi connectivity index (χ1) is 9.12. The molecule has 1 N–H and O–H groups in total. The highest BCUT2D eigenvalue weighted by Gasteiger charge is 2.19. The van der Waals surface area contributed by atoms with E-state index in [1.165, 1.54) is 16.8 Å². The Morgan fingerprint density at radius 1 is 1.21 bits per heavy atom. The fourth-order valence-corrected chi connectivity index (χ4v) is 4.17. The number of hydrogen-bond donors (Lipinski definition) is 1. The maximum Gasteiger partial charge on any atom is 0.151 e. The Labute approximate surface area is 114 Å². The number of hydrogen-bond acceptors (Lipinski definition) is 4.